The van der Waals surface area contributed by atoms with Gasteiger partial charge in [-0.2, -0.15) is 0 Å². The molecular formula is C9H16NO. The highest BCUT2D eigenvalue weighted by molar-refractivity contribution is 5.51. The average Bonchev–Trinajstić information content (AvgIpc) is 2.07. The van der Waals surface area contributed by atoms with Crippen LogP contribution in [0, 0.1) is 0 Å². The summed E-state index contributed by atoms with van der Waals surface area (Å²) in [5, 5.41) is 0. The predicted molar refractivity (Wildman–Crippen MR) is 45.2 cm³/mol. The van der Waals surface area contributed by atoms with Crippen molar-refractivity contribution in [2.24, 2.45) is 0 Å². The van der Waals surface area contributed by atoms with Gasteiger partial charge < -0.3 is 4.90 Å². The van der Waals surface area contributed by atoms with Crippen LogP contribution in [0.25, 0.3) is 0 Å². The fourth-order valence-corrected chi connectivity index (χ4v) is 1.61. The molecule has 1 saturated heterocycles. The topological polar surface area (TPSA) is 20.3 Å². The van der Waals surface area contributed by atoms with Gasteiger partial charge in [-0.25, -0.2) is 0 Å². The van der Waals surface area contributed by atoms with Gasteiger partial charge in [-0.05, 0) is 32.9 Å². The van der Waals surface area contributed by atoms with Crippen molar-refractivity contribution in [1.29, 1.82) is 0 Å². The van der Waals surface area contributed by atoms with Gasteiger partial charge in [0.2, 0.25) is 0 Å². The maximum atomic E-state index is 10.1. The third kappa shape index (κ3) is 2.62. The van der Waals surface area contributed by atoms with Gasteiger partial charge in [0.05, 0.1) is 0 Å². The molecule has 0 aromatic rings. The Bertz CT molecular complexity index is 119. The van der Waals surface area contributed by atoms with Crippen LogP contribution in [0.4, 0.5) is 0 Å². The summed E-state index contributed by atoms with van der Waals surface area (Å²) in [6.45, 7) is 4.45. The number of hydrogen-bond acceptors (Lipinski definition) is 2. The summed E-state index contributed by atoms with van der Waals surface area (Å²) in [4.78, 5) is 12.5. The molecule has 1 radical (unpaired) electrons. The Labute approximate surface area is 68.6 Å². The minimum atomic E-state index is 0.410. The summed E-state index contributed by atoms with van der Waals surface area (Å²) in [7, 11) is 0. The van der Waals surface area contributed by atoms with Crippen molar-refractivity contribution in [3.8, 4) is 0 Å². The molecule has 1 rings (SSSR count). The van der Waals surface area contributed by atoms with Crippen LogP contribution in [0.15, 0.2) is 0 Å². The first-order chi connectivity index (χ1) is 5.34. The first-order valence-corrected chi connectivity index (χ1v) is 4.43. The molecule has 0 aromatic heterocycles. The molecule has 2 heteroatoms. The van der Waals surface area contributed by atoms with E-state index in [2.05, 4.69) is 11.8 Å². The summed E-state index contributed by atoms with van der Waals surface area (Å²) in [5.74, 6) is 0. The van der Waals surface area contributed by atoms with Crippen molar-refractivity contribution in [3.63, 3.8) is 0 Å². The summed E-state index contributed by atoms with van der Waals surface area (Å²) in [5.41, 5.74) is 0. The summed E-state index contributed by atoms with van der Waals surface area (Å²) in [6, 6.07) is 0.410. The largest absolute Gasteiger partial charge is 0.300 e. The third-order valence-electron chi connectivity index (χ3n) is 2.39. The molecule has 1 aliphatic heterocycles. The molecule has 1 heterocycles. The summed E-state index contributed by atoms with van der Waals surface area (Å²) in [6.07, 6.45) is 6.49. The fourth-order valence-electron chi connectivity index (χ4n) is 1.61. The lowest BCUT2D eigenvalue weighted by Gasteiger charge is -2.31. The highest BCUT2D eigenvalue weighted by Crippen LogP contribution is 2.12. The molecule has 0 saturated carbocycles. The number of hydrogen-bond donors (Lipinski definition) is 0. The Morgan fingerprint density at radius 1 is 1.36 bits per heavy atom. The second-order valence-corrected chi connectivity index (χ2v) is 3.29. The lowest BCUT2D eigenvalue weighted by molar-refractivity contribution is 0.177. The van der Waals surface area contributed by atoms with Crippen LogP contribution in [0.1, 0.15) is 32.6 Å². The fraction of sp³-hybridized carbons (Fsp3) is 0.889. The highest BCUT2D eigenvalue weighted by Gasteiger charge is 2.15. The van der Waals surface area contributed by atoms with Gasteiger partial charge in [0.15, 0.2) is 6.29 Å². The lowest BCUT2D eigenvalue weighted by Crippen LogP contribution is -2.37. The van der Waals surface area contributed by atoms with Crippen LogP contribution in [-0.4, -0.2) is 30.3 Å². The van der Waals surface area contributed by atoms with Gasteiger partial charge in [-0.3, -0.25) is 4.79 Å². The van der Waals surface area contributed by atoms with Crippen molar-refractivity contribution < 1.29 is 4.79 Å². The van der Waals surface area contributed by atoms with Crippen molar-refractivity contribution in [2.45, 2.75) is 38.6 Å². The van der Waals surface area contributed by atoms with Crippen molar-refractivity contribution in [2.75, 3.05) is 13.1 Å². The number of nitrogens with zero attached hydrogens (tertiary/aromatic N) is 1. The molecule has 63 valence electrons. The molecule has 0 spiro atoms. The smallest absolute Gasteiger partial charge is 0.199 e. The molecule has 0 bridgehead atoms. The van der Waals surface area contributed by atoms with Gasteiger partial charge in [0.25, 0.3) is 0 Å². The van der Waals surface area contributed by atoms with Crippen molar-refractivity contribution >= 4 is 6.29 Å². The van der Waals surface area contributed by atoms with Crippen molar-refractivity contribution in [3.05, 3.63) is 0 Å². The lowest BCUT2D eigenvalue weighted by atomic mass is 10.1. The molecule has 1 atom stereocenters. The Hall–Kier alpha value is -0.370. The van der Waals surface area contributed by atoms with Gasteiger partial charge in [0, 0.05) is 12.5 Å². The monoisotopic (exact) mass is 154 g/mol. The zero-order valence-electron chi connectivity index (χ0n) is 7.18. The molecule has 1 fully saturated rings. The van der Waals surface area contributed by atoms with Crippen LogP contribution >= 0.6 is 0 Å². The standard InChI is InChI=1S/C9H16NO/c1-9(5-8-11)10-6-3-2-4-7-10/h9H,2-7H2,1H3. The quantitative estimate of drug-likeness (QED) is 0.611. The molecule has 0 aromatic carbocycles. The highest BCUT2D eigenvalue weighted by atomic mass is 16.1. The summed E-state index contributed by atoms with van der Waals surface area (Å²) >= 11 is 0. The number of likely N-dealkylation sites (tertiary alicyclic amines) is 1. The molecule has 0 aliphatic carbocycles. The number of rotatable bonds is 3. The number of carbonyl (C=O) groups excluding carboxylic acids is 1. The van der Waals surface area contributed by atoms with E-state index < -0.39 is 0 Å². The van der Waals surface area contributed by atoms with Gasteiger partial charge in [-0.1, -0.05) is 6.42 Å². The van der Waals surface area contributed by atoms with Crippen LogP contribution in [-0.2, 0) is 4.79 Å². The molecule has 11 heavy (non-hydrogen) atoms. The third-order valence-corrected chi connectivity index (χ3v) is 2.39. The van der Waals surface area contributed by atoms with Crippen LogP contribution in [0.5, 0.6) is 0 Å². The molecule has 0 amide bonds. The first kappa shape index (κ1) is 8.72. The Balaban J connectivity index is 2.26. The Morgan fingerprint density at radius 3 is 2.55 bits per heavy atom. The maximum absolute atomic E-state index is 10.1. The van der Waals surface area contributed by atoms with E-state index in [4.69, 9.17) is 0 Å². The normalized spacial score (nSPS) is 23.0. The van der Waals surface area contributed by atoms with E-state index in [1.54, 1.807) is 0 Å². The molecular weight excluding hydrogens is 138 g/mol. The Morgan fingerprint density at radius 2 is 2.00 bits per heavy atom. The Kier molecular flexibility index (Phi) is 3.57. The second-order valence-electron chi connectivity index (χ2n) is 3.29. The second kappa shape index (κ2) is 4.50. The van der Waals surface area contributed by atoms with E-state index in [-0.39, 0.29) is 0 Å². The SMILES string of the molecule is CC(C[C]=O)N1CCCCC1. The average molecular weight is 154 g/mol. The molecule has 0 N–H and O–H groups in total. The van der Waals surface area contributed by atoms with E-state index >= 15 is 0 Å². The molecule has 1 unspecified atom stereocenters. The predicted octanol–water partition coefficient (Wildman–Crippen LogP) is 1.36. The van der Waals surface area contributed by atoms with E-state index in [0.29, 0.717) is 12.5 Å². The zero-order valence-corrected chi connectivity index (χ0v) is 7.18. The molecule has 2 nitrogen and oxygen atoms in total. The minimum Gasteiger partial charge on any atom is -0.300 e. The van der Waals surface area contributed by atoms with Crippen LogP contribution in [0.3, 0.4) is 0 Å². The summed E-state index contributed by atoms with van der Waals surface area (Å²) < 4.78 is 0. The van der Waals surface area contributed by atoms with Crippen LogP contribution < -0.4 is 0 Å². The maximum Gasteiger partial charge on any atom is 0.199 e. The van der Waals surface area contributed by atoms with Crippen LogP contribution in [0.2, 0.25) is 0 Å². The van der Waals surface area contributed by atoms with Crippen molar-refractivity contribution in [1.82, 2.24) is 4.90 Å². The minimum absolute atomic E-state index is 0.410. The van der Waals surface area contributed by atoms with Gasteiger partial charge in [-0.15, -0.1) is 0 Å². The number of piperidine rings is 1. The van der Waals surface area contributed by atoms with E-state index in [0.717, 1.165) is 0 Å². The van der Waals surface area contributed by atoms with E-state index in [9.17, 15) is 4.79 Å². The van der Waals surface area contributed by atoms with E-state index in [1.165, 1.54) is 32.4 Å². The van der Waals surface area contributed by atoms with Gasteiger partial charge in [0.1, 0.15) is 0 Å². The van der Waals surface area contributed by atoms with E-state index in [1.807, 2.05) is 6.29 Å². The molecule has 1 aliphatic rings. The zero-order chi connectivity index (χ0) is 8.10. The van der Waals surface area contributed by atoms with Gasteiger partial charge >= 0.3 is 0 Å². The first-order valence-electron chi connectivity index (χ1n) is 4.43.